The first-order chi connectivity index (χ1) is 11.5. The Labute approximate surface area is 145 Å². The van der Waals surface area contributed by atoms with E-state index in [-0.39, 0.29) is 13.0 Å². The maximum Gasteiger partial charge on any atom is 0.348 e. The molecule has 0 aromatic carbocycles. The molecule has 0 spiro atoms. The Morgan fingerprint density at radius 3 is 1.83 bits per heavy atom. The summed E-state index contributed by atoms with van der Waals surface area (Å²) in [6.45, 7) is 5.97. The van der Waals surface area contributed by atoms with Crippen molar-refractivity contribution >= 4 is 17.9 Å². The third kappa shape index (κ3) is 12.9. The average molecular weight is 344 g/mol. The van der Waals surface area contributed by atoms with Crippen molar-refractivity contribution in [2.45, 2.75) is 84.7 Å². The smallest absolute Gasteiger partial charge is 0.348 e. The van der Waals surface area contributed by atoms with E-state index >= 15 is 0 Å². The molecule has 0 bridgehead atoms. The van der Waals surface area contributed by atoms with Crippen molar-refractivity contribution in [3.63, 3.8) is 0 Å². The van der Waals surface area contributed by atoms with Crippen LogP contribution in [0.4, 0.5) is 0 Å². The number of unbranched alkanes of at least 4 members (excludes halogenated alkanes) is 6. The summed E-state index contributed by atoms with van der Waals surface area (Å²) in [6.07, 6.45) is 6.36. The SMILES string of the molecule is CCCCCCOC(=O)C[C@H](OC(C)=O)C(=O)OCCCCCC. The molecule has 0 unspecified atom stereocenters. The first-order valence-corrected chi connectivity index (χ1v) is 9.00. The Bertz CT molecular complexity index is 367. The summed E-state index contributed by atoms with van der Waals surface area (Å²) in [5.41, 5.74) is 0. The molecule has 6 heteroatoms. The quantitative estimate of drug-likeness (QED) is 0.272. The van der Waals surface area contributed by atoms with Crippen LogP contribution in [-0.4, -0.2) is 37.2 Å². The zero-order valence-corrected chi connectivity index (χ0v) is 15.3. The van der Waals surface area contributed by atoms with Gasteiger partial charge in [0.25, 0.3) is 0 Å². The standard InChI is InChI=1S/C18H32O6/c1-4-6-8-10-12-22-17(20)14-16(24-15(3)19)18(21)23-13-11-9-7-5-2/h16H,4-14H2,1-3H3/t16-/m0/s1. The van der Waals surface area contributed by atoms with Gasteiger partial charge < -0.3 is 14.2 Å². The fourth-order valence-electron chi connectivity index (χ4n) is 2.09. The van der Waals surface area contributed by atoms with Gasteiger partial charge in [0, 0.05) is 6.92 Å². The lowest BCUT2D eigenvalue weighted by atomic mass is 10.2. The molecule has 0 aromatic heterocycles. The van der Waals surface area contributed by atoms with Gasteiger partial charge in [0.15, 0.2) is 0 Å². The summed E-state index contributed by atoms with van der Waals surface area (Å²) < 4.78 is 15.0. The molecule has 140 valence electrons. The third-order valence-corrected chi connectivity index (χ3v) is 3.43. The van der Waals surface area contributed by atoms with E-state index in [1.165, 1.54) is 6.92 Å². The number of hydrogen-bond acceptors (Lipinski definition) is 6. The minimum atomic E-state index is -1.23. The van der Waals surface area contributed by atoms with Gasteiger partial charge in [-0.3, -0.25) is 9.59 Å². The van der Waals surface area contributed by atoms with E-state index in [2.05, 4.69) is 13.8 Å². The van der Waals surface area contributed by atoms with E-state index in [1.807, 2.05) is 0 Å². The maximum absolute atomic E-state index is 12.0. The van der Waals surface area contributed by atoms with E-state index in [0.717, 1.165) is 51.4 Å². The molecule has 0 aliphatic heterocycles. The van der Waals surface area contributed by atoms with Gasteiger partial charge in [-0.2, -0.15) is 0 Å². The second kappa shape index (κ2) is 15.0. The van der Waals surface area contributed by atoms with Gasteiger partial charge in [-0.15, -0.1) is 0 Å². The highest BCUT2D eigenvalue weighted by Gasteiger charge is 2.27. The molecule has 0 rings (SSSR count). The molecule has 0 amide bonds. The molecule has 0 saturated carbocycles. The van der Waals surface area contributed by atoms with E-state index in [9.17, 15) is 14.4 Å². The fraction of sp³-hybridized carbons (Fsp3) is 0.833. The van der Waals surface area contributed by atoms with Crippen LogP contribution in [0.5, 0.6) is 0 Å². The Kier molecular flexibility index (Phi) is 14.0. The average Bonchev–Trinajstić information content (AvgIpc) is 2.53. The molecule has 0 aliphatic rings. The molecule has 0 fully saturated rings. The Balaban J connectivity index is 4.16. The predicted octanol–water partition coefficient (Wildman–Crippen LogP) is 3.56. The van der Waals surface area contributed by atoms with Gasteiger partial charge in [0.2, 0.25) is 6.10 Å². The molecule has 6 nitrogen and oxygen atoms in total. The van der Waals surface area contributed by atoms with Crippen LogP contribution in [0.15, 0.2) is 0 Å². The van der Waals surface area contributed by atoms with Crippen molar-refractivity contribution in [2.24, 2.45) is 0 Å². The lowest BCUT2D eigenvalue weighted by molar-refractivity contribution is -0.171. The van der Waals surface area contributed by atoms with Gasteiger partial charge in [0.05, 0.1) is 19.6 Å². The van der Waals surface area contributed by atoms with E-state index in [1.54, 1.807) is 0 Å². The summed E-state index contributed by atoms with van der Waals surface area (Å²) in [5.74, 6) is -1.87. The largest absolute Gasteiger partial charge is 0.466 e. The van der Waals surface area contributed by atoms with Crippen LogP contribution in [0.2, 0.25) is 0 Å². The third-order valence-electron chi connectivity index (χ3n) is 3.43. The first kappa shape index (κ1) is 22.4. The lowest BCUT2D eigenvalue weighted by Crippen LogP contribution is -2.31. The molecule has 0 N–H and O–H groups in total. The molecule has 24 heavy (non-hydrogen) atoms. The highest BCUT2D eigenvalue weighted by atomic mass is 16.6. The van der Waals surface area contributed by atoms with Crippen LogP contribution >= 0.6 is 0 Å². The minimum absolute atomic E-state index is 0.267. The van der Waals surface area contributed by atoms with Crippen molar-refractivity contribution in [3.8, 4) is 0 Å². The van der Waals surface area contributed by atoms with E-state index < -0.39 is 24.0 Å². The number of rotatable bonds is 14. The summed E-state index contributed by atoms with van der Waals surface area (Å²) in [5, 5.41) is 0. The van der Waals surface area contributed by atoms with Crippen LogP contribution in [-0.2, 0) is 28.6 Å². The molecule has 0 heterocycles. The summed E-state index contributed by atoms with van der Waals surface area (Å²) in [4.78, 5) is 34.8. The van der Waals surface area contributed by atoms with Crippen molar-refractivity contribution in [2.75, 3.05) is 13.2 Å². The summed E-state index contributed by atoms with van der Waals surface area (Å²) in [7, 11) is 0. The van der Waals surface area contributed by atoms with Crippen molar-refractivity contribution in [1.29, 1.82) is 0 Å². The first-order valence-electron chi connectivity index (χ1n) is 9.00. The van der Waals surface area contributed by atoms with Crippen LogP contribution in [0.1, 0.15) is 78.6 Å². The number of esters is 3. The lowest BCUT2D eigenvalue weighted by Gasteiger charge is -2.15. The number of carbonyl (C=O) groups excluding carboxylic acids is 3. The Morgan fingerprint density at radius 1 is 0.792 bits per heavy atom. The minimum Gasteiger partial charge on any atom is -0.466 e. The van der Waals surface area contributed by atoms with Gasteiger partial charge in [-0.05, 0) is 12.8 Å². The van der Waals surface area contributed by atoms with Crippen molar-refractivity contribution in [3.05, 3.63) is 0 Å². The van der Waals surface area contributed by atoms with Crippen molar-refractivity contribution < 1.29 is 28.6 Å². The van der Waals surface area contributed by atoms with Crippen LogP contribution in [0, 0.1) is 0 Å². The van der Waals surface area contributed by atoms with Gasteiger partial charge >= 0.3 is 17.9 Å². The van der Waals surface area contributed by atoms with Gasteiger partial charge in [-0.25, -0.2) is 4.79 Å². The molecule has 0 aromatic rings. The van der Waals surface area contributed by atoms with Gasteiger partial charge in [-0.1, -0.05) is 52.4 Å². The summed E-state index contributed by atoms with van der Waals surface area (Å²) >= 11 is 0. The molecular weight excluding hydrogens is 312 g/mol. The van der Waals surface area contributed by atoms with Gasteiger partial charge in [0.1, 0.15) is 0 Å². The highest BCUT2D eigenvalue weighted by Crippen LogP contribution is 2.07. The normalized spacial score (nSPS) is 11.6. The highest BCUT2D eigenvalue weighted by molar-refractivity contribution is 5.84. The van der Waals surface area contributed by atoms with Crippen LogP contribution in [0.3, 0.4) is 0 Å². The van der Waals surface area contributed by atoms with E-state index in [0.29, 0.717) is 6.61 Å². The monoisotopic (exact) mass is 344 g/mol. The molecule has 1 atom stereocenters. The Hall–Kier alpha value is -1.59. The molecule has 0 radical (unpaired) electrons. The van der Waals surface area contributed by atoms with Crippen LogP contribution < -0.4 is 0 Å². The van der Waals surface area contributed by atoms with E-state index in [4.69, 9.17) is 14.2 Å². The zero-order valence-electron chi connectivity index (χ0n) is 15.3. The maximum atomic E-state index is 12.0. The Morgan fingerprint density at radius 2 is 1.33 bits per heavy atom. The number of hydrogen-bond donors (Lipinski definition) is 0. The number of ether oxygens (including phenoxy) is 3. The second-order valence-corrected chi connectivity index (χ2v) is 5.81. The number of carbonyl (C=O) groups is 3. The molecular formula is C18H32O6. The molecule has 0 saturated heterocycles. The zero-order chi connectivity index (χ0) is 18.2. The van der Waals surface area contributed by atoms with Crippen molar-refractivity contribution in [1.82, 2.24) is 0 Å². The predicted molar refractivity (Wildman–Crippen MR) is 90.4 cm³/mol. The fourth-order valence-corrected chi connectivity index (χ4v) is 2.09. The topological polar surface area (TPSA) is 78.9 Å². The van der Waals surface area contributed by atoms with Crippen LogP contribution in [0.25, 0.3) is 0 Å². The molecule has 0 aliphatic carbocycles. The second-order valence-electron chi connectivity index (χ2n) is 5.81. The summed E-state index contributed by atoms with van der Waals surface area (Å²) in [6, 6.07) is 0.